The van der Waals surface area contributed by atoms with Gasteiger partial charge in [-0.2, -0.15) is 0 Å². The third-order valence-corrected chi connectivity index (χ3v) is 4.30. The van der Waals surface area contributed by atoms with Gasteiger partial charge in [0.15, 0.2) is 0 Å². The number of aryl methyl sites for hydroxylation is 1. The van der Waals surface area contributed by atoms with E-state index in [4.69, 9.17) is 0 Å². The number of carbonyl (C=O) groups excluding carboxylic acids is 1. The minimum atomic E-state index is -0.0279. The summed E-state index contributed by atoms with van der Waals surface area (Å²) in [5, 5.41) is 3.07. The molecule has 0 saturated carbocycles. The van der Waals surface area contributed by atoms with Crippen molar-refractivity contribution < 1.29 is 4.79 Å². The van der Waals surface area contributed by atoms with Crippen molar-refractivity contribution in [3.8, 4) is 0 Å². The van der Waals surface area contributed by atoms with Gasteiger partial charge in [-0.1, -0.05) is 26.0 Å². The van der Waals surface area contributed by atoms with Crippen LogP contribution in [0.1, 0.15) is 32.3 Å². The normalized spacial score (nSPS) is 25.2. The summed E-state index contributed by atoms with van der Waals surface area (Å²) in [6, 6.07) is 6.09. The van der Waals surface area contributed by atoms with Crippen LogP contribution in [0.4, 0.5) is 11.4 Å². The number of benzene rings is 1. The molecule has 0 radical (unpaired) electrons. The first-order valence-electron chi connectivity index (χ1n) is 6.68. The molecule has 2 heterocycles. The van der Waals surface area contributed by atoms with Crippen molar-refractivity contribution in [3.63, 3.8) is 0 Å². The molecule has 3 rings (SSSR count). The summed E-state index contributed by atoms with van der Waals surface area (Å²) in [6.45, 7) is 7.51. The number of anilines is 2. The summed E-state index contributed by atoms with van der Waals surface area (Å²) in [5.74, 6) is 0.151. The van der Waals surface area contributed by atoms with Gasteiger partial charge >= 0.3 is 0 Å². The van der Waals surface area contributed by atoms with Crippen LogP contribution in [0.2, 0.25) is 0 Å². The van der Waals surface area contributed by atoms with Gasteiger partial charge in [0.1, 0.15) is 6.04 Å². The summed E-state index contributed by atoms with van der Waals surface area (Å²) in [4.78, 5) is 14.7. The molecule has 0 aliphatic carbocycles. The van der Waals surface area contributed by atoms with E-state index in [0.717, 1.165) is 25.1 Å². The number of para-hydroxylation sites is 1. The quantitative estimate of drug-likeness (QED) is 0.761. The highest BCUT2D eigenvalue weighted by Gasteiger charge is 2.45. The number of fused-ring (bicyclic) bond motifs is 3. The fourth-order valence-corrected chi connectivity index (χ4v) is 3.47. The second-order valence-corrected chi connectivity index (χ2v) is 6.15. The first-order chi connectivity index (χ1) is 8.50. The van der Waals surface area contributed by atoms with Gasteiger partial charge in [-0.25, -0.2) is 0 Å². The molecule has 3 heteroatoms. The number of rotatable bonds is 0. The molecule has 1 fully saturated rings. The van der Waals surface area contributed by atoms with Gasteiger partial charge in [0.2, 0.25) is 5.91 Å². The molecular formula is C15H20N2O. The Balaban J connectivity index is 2.14. The van der Waals surface area contributed by atoms with Crippen molar-refractivity contribution in [2.45, 2.75) is 39.7 Å². The zero-order valence-electron chi connectivity index (χ0n) is 11.3. The van der Waals surface area contributed by atoms with Crippen LogP contribution in [0.3, 0.4) is 0 Å². The number of nitrogens with zero attached hydrogens (tertiary/aromatic N) is 1. The third kappa shape index (κ3) is 1.53. The van der Waals surface area contributed by atoms with Crippen molar-refractivity contribution in [2.24, 2.45) is 5.41 Å². The highest BCUT2D eigenvalue weighted by atomic mass is 16.2. The van der Waals surface area contributed by atoms with E-state index >= 15 is 0 Å². The van der Waals surface area contributed by atoms with Gasteiger partial charge in [0.05, 0.1) is 11.4 Å². The maximum Gasteiger partial charge on any atom is 0.247 e. The fraction of sp³-hybridized carbons (Fsp3) is 0.533. The van der Waals surface area contributed by atoms with Gasteiger partial charge in [-0.05, 0) is 36.8 Å². The molecule has 1 N–H and O–H groups in total. The second-order valence-electron chi connectivity index (χ2n) is 6.15. The Kier molecular flexibility index (Phi) is 2.40. The zero-order chi connectivity index (χ0) is 12.9. The third-order valence-electron chi connectivity index (χ3n) is 4.30. The maximum atomic E-state index is 12.4. The lowest BCUT2D eigenvalue weighted by molar-refractivity contribution is -0.120. The van der Waals surface area contributed by atoms with E-state index in [9.17, 15) is 4.79 Å². The van der Waals surface area contributed by atoms with Crippen molar-refractivity contribution >= 4 is 17.3 Å². The number of amides is 1. The average Bonchev–Trinajstić information content (AvgIpc) is 2.27. The van der Waals surface area contributed by atoms with Crippen LogP contribution in [0, 0.1) is 12.3 Å². The molecule has 18 heavy (non-hydrogen) atoms. The highest BCUT2D eigenvalue weighted by molar-refractivity contribution is 6.04. The molecule has 1 aromatic rings. The molecule has 96 valence electrons. The average molecular weight is 244 g/mol. The summed E-state index contributed by atoms with van der Waals surface area (Å²) in [7, 11) is 0. The summed E-state index contributed by atoms with van der Waals surface area (Å²) >= 11 is 0. The van der Waals surface area contributed by atoms with Gasteiger partial charge in [0, 0.05) is 6.54 Å². The lowest BCUT2D eigenvalue weighted by Gasteiger charge is -2.49. The van der Waals surface area contributed by atoms with Gasteiger partial charge in [-0.15, -0.1) is 0 Å². The van der Waals surface area contributed by atoms with Crippen molar-refractivity contribution in [1.82, 2.24) is 0 Å². The molecule has 1 aromatic carbocycles. The Labute approximate surface area is 108 Å². The number of carbonyl (C=O) groups is 1. The molecule has 2 aliphatic rings. The van der Waals surface area contributed by atoms with Crippen LogP contribution in [0.25, 0.3) is 0 Å². The Hall–Kier alpha value is -1.51. The van der Waals surface area contributed by atoms with E-state index in [0.29, 0.717) is 0 Å². The number of nitrogens with one attached hydrogen (secondary N) is 1. The summed E-state index contributed by atoms with van der Waals surface area (Å²) in [5.41, 5.74) is 3.47. The monoisotopic (exact) mass is 244 g/mol. The van der Waals surface area contributed by atoms with Crippen molar-refractivity contribution in [3.05, 3.63) is 23.8 Å². The Morgan fingerprint density at radius 1 is 1.39 bits per heavy atom. The minimum absolute atomic E-state index is 0.0279. The van der Waals surface area contributed by atoms with Gasteiger partial charge in [-0.3, -0.25) is 4.79 Å². The van der Waals surface area contributed by atoms with E-state index in [2.05, 4.69) is 37.1 Å². The molecule has 1 atom stereocenters. The zero-order valence-corrected chi connectivity index (χ0v) is 11.3. The maximum absolute atomic E-state index is 12.4. The molecule has 0 bridgehead atoms. The van der Waals surface area contributed by atoms with E-state index in [1.54, 1.807) is 0 Å². The van der Waals surface area contributed by atoms with E-state index in [-0.39, 0.29) is 17.4 Å². The first kappa shape index (κ1) is 11.6. The fourth-order valence-electron chi connectivity index (χ4n) is 3.47. The first-order valence-corrected chi connectivity index (χ1v) is 6.68. The molecule has 2 aliphatic heterocycles. The highest BCUT2D eigenvalue weighted by Crippen LogP contribution is 2.44. The lowest BCUT2D eigenvalue weighted by Crippen LogP contribution is -2.58. The topological polar surface area (TPSA) is 32.3 Å². The molecule has 0 spiro atoms. The smallest absolute Gasteiger partial charge is 0.247 e. The van der Waals surface area contributed by atoms with Crippen LogP contribution in [0.15, 0.2) is 18.2 Å². The minimum Gasteiger partial charge on any atom is -0.357 e. The summed E-state index contributed by atoms with van der Waals surface area (Å²) in [6.07, 6.45) is 2.27. The van der Waals surface area contributed by atoms with Crippen LogP contribution >= 0.6 is 0 Å². The SMILES string of the molecule is Cc1cccc2c1N1CCCC(C)(C)C1C(=O)N2. The molecule has 1 amide bonds. The number of piperidine rings is 1. The van der Waals surface area contributed by atoms with Crippen LogP contribution in [-0.2, 0) is 4.79 Å². The number of hydrogen-bond acceptors (Lipinski definition) is 2. The van der Waals surface area contributed by atoms with Crippen LogP contribution in [-0.4, -0.2) is 18.5 Å². The van der Waals surface area contributed by atoms with E-state index < -0.39 is 0 Å². The second kappa shape index (κ2) is 3.74. The largest absolute Gasteiger partial charge is 0.357 e. The molecular weight excluding hydrogens is 224 g/mol. The Bertz CT molecular complexity index is 507. The summed E-state index contributed by atoms with van der Waals surface area (Å²) < 4.78 is 0. The predicted octanol–water partition coefficient (Wildman–Crippen LogP) is 2.94. The molecule has 1 saturated heterocycles. The van der Waals surface area contributed by atoms with Crippen LogP contribution in [0.5, 0.6) is 0 Å². The molecule has 3 nitrogen and oxygen atoms in total. The molecule has 0 aromatic heterocycles. The molecule has 1 unspecified atom stereocenters. The number of hydrogen-bond donors (Lipinski definition) is 1. The van der Waals surface area contributed by atoms with Gasteiger partial charge < -0.3 is 10.2 Å². The van der Waals surface area contributed by atoms with E-state index in [1.807, 2.05) is 12.1 Å². The predicted molar refractivity (Wildman–Crippen MR) is 74.0 cm³/mol. The standard InChI is InChI=1S/C15H20N2O/c1-10-6-4-7-11-12(10)17-9-5-8-15(2,3)13(17)14(18)16-11/h4,6-7,13H,5,8-9H2,1-3H3,(H,16,18). The van der Waals surface area contributed by atoms with Crippen LogP contribution < -0.4 is 10.2 Å². The van der Waals surface area contributed by atoms with Crippen molar-refractivity contribution in [2.75, 3.05) is 16.8 Å². The Morgan fingerprint density at radius 3 is 2.94 bits per heavy atom. The Morgan fingerprint density at radius 2 is 2.17 bits per heavy atom. The lowest BCUT2D eigenvalue weighted by atomic mass is 9.74. The van der Waals surface area contributed by atoms with Gasteiger partial charge in [0.25, 0.3) is 0 Å². The van der Waals surface area contributed by atoms with Crippen molar-refractivity contribution in [1.29, 1.82) is 0 Å². The van der Waals surface area contributed by atoms with E-state index in [1.165, 1.54) is 11.3 Å².